The lowest BCUT2D eigenvalue weighted by molar-refractivity contribution is 0.213. The first kappa shape index (κ1) is 29.2. The number of aromatic nitrogens is 1. The van der Waals surface area contributed by atoms with E-state index in [4.69, 9.17) is 20.8 Å². The summed E-state index contributed by atoms with van der Waals surface area (Å²) in [5.74, 6) is -0.378. The lowest BCUT2D eigenvalue weighted by Crippen LogP contribution is -2.43. The number of hydrogen-bond donors (Lipinski definition) is 1. The highest BCUT2D eigenvalue weighted by atomic mass is 35.5. The van der Waals surface area contributed by atoms with Gasteiger partial charge in [0.05, 0.1) is 23.2 Å². The molecule has 0 saturated heterocycles. The molecule has 6 nitrogen and oxygen atoms in total. The second-order valence-corrected chi connectivity index (χ2v) is 12.7. The second kappa shape index (κ2) is 12.3. The lowest BCUT2D eigenvalue weighted by atomic mass is 9.69. The van der Waals surface area contributed by atoms with Crippen LogP contribution in [0.5, 0.6) is 5.75 Å². The number of oxazole rings is 1. The normalized spacial score (nSPS) is 19.3. The van der Waals surface area contributed by atoms with Crippen LogP contribution >= 0.6 is 11.6 Å². The molecule has 1 saturated carbocycles. The molecule has 1 aliphatic rings. The summed E-state index contributed by atoms with van der Waals surface area (Å²) in [7, 11) is -3.35. The second-order valence-electron chi connectivity index (χ2n) is 10.6. The molecule has 10 heteroatoms. The van der Waals surface area contributed by atoms with Gasteiger partial charge >= 0.3 is 0 Å². The van der Waals surface area contributed by atoms with Gasteiger partial charge in [-0.05, 0) is 61.4 Å². The molecule has 0 aliphatic heterocycles. The van der Waals surface area contributed by atoms with Crippen molar-refractivity contribution in [2.45, 2.75) is 56.0 Å². The number of halogens is 3. The molecule has 1 heterocycles. The van der Waals surface area contributed by atoms with Crippen LogP contribution in [0.3, 0.4) is 0 Å². The monoisotopic (exact) mass is 600 g/mol. The average Bonchev–Trinajstić information content (AvgIpc) is 3.45. The molecule has 0 bridgehead atoms. The van der Waals surface area contributed by atoms with Crippen molar-refractivity contribution in [3.63, 3.8) is 0 Å². The fourth-order valence-electron chi connectivity index (χ4n) is 5.55. The molecule has 0 radical (unpaired) electrons. The molecular formula is C31H31ClF2N2O4S. The van der Waals surface area contributed by atoms with Gasteiger partial charge in [0.1, 0.15) is 18.7 Å². The van der Waals surface area contributed by atoms with Crippen molar-refractivity contribution in [1.82, 2.24) is 9.71 Å². The summed E-state index contributed by atoms with van der Waals surface area (Å²) >= 11 is 6.00. The Balaban J connectivity index is 1.46. The Kier molecular flexibility index (Phi) is 8.77. The summed E-state index contributed by atoms with van der Waals surface area (Å²) in [5.41, 5.74) is 2.26. The van der Waals surface area contributed by atoms with E-state index in [2.05, 4.69) is 9.71 Å². The topological polar surface area (TPSA) is 81.4 Å². The third-order valence-corrected chi connectivity index (χ3v) is 8.56. The quantitative estimate of drug-likeness (QED) is 0.200. The van der Waals surface area contributed by atoms with Gasteiger partial charge in [0, 0.05) is 17.2 Å². The van der Waals surface area contributed by atoms with E-state index in [1.54, 1.807) is 18.2 Å². The smallest absolute Gasteiger partial charge is 0.208 e. The standard InChI is InChI=1S/C31H31ClF2N2O4S/c1-41(37,38)36-23-12-14-31(15-13-23,30-35-24(18-32)20-40-30)17-22-10-11-27(33)26(16-22)25-8-5-9-28(34)29(25)39-19-21-6-3-2-4-7-21/h2-11,16,20,23,36H,12-15,17-19H2,1H3. The molecule has 1 fully saturated rings. The first-order valence-electron chi connectivity index (χ1n) is 13.4. The highest BCUT2D eigenvalue weighted by molar-refractivity contribution is 7.88. The number of ether oxygens (including phenoxy) is 1. The third-order valence-electron chi connectivity index (χ3n) is 7.52. The Hall–Kier alpha value is -3.27. The van der Waals surface area contributed by atoms with Crippen molar-refractivity contribution < 1.29 is 26.4 Å². The average molecular weight is 601 g/mol. The first-order chi connectivity index (χ1) is 19.7. The molecule has 0 unspecified atom stereocenters. The maximum atomic E-state index is 15.3. The molecule has 1 N–H and O–H groups in total. The fourth-order valence-corrected chi connectivity index (χ4v) is 6.51. The van der Waals surface area contributed by atoms with Crippen LogP contribution in [0.15, 0.2) is 77.4 Å². The Bertz CT molecular complexity index is 1600. The van der Waals surface area contributed by atoms with E-state index < -0.39 is 27.1 Å². The molecule has 1 aliphatic carbocycles. The van der Waals surface area contributed by atoms with E-state index in [0.29, 0.717) is 49.3 Å². The van der Waals surface area contributed by atoms with Gasteiger partial charge in [-0.15, -0.1) is 11.6 Å². The largest absolute Gasteiger partial charge is 0.485 e. The number of hydrogen-bond acceptors (Lipinski definition) is 5. The van der Waals surface area contributed by atoms with Crippen LogP contribution in [0.1, 0.15) is 48.4 Å². The van der Waals surface area contributed by atoms with Crippen LogP contribution in [0.4, 0.5) is 8.78 Å². The van der Waals surface area contributed by atoms with Crippen LogP contribution < -0.4 is 9.46 Å². The van der Waals surface area contributed by atoms with E-state index in [1.165, 1.54) is 24.5 Å². The van der Waals surface area contributed by atoms with Crippen molar-refractivity contribution >= 4 is 21.6 Å². The molecule has 3 aromatic carbocycles. The molecule has 5 rings (SSSR count). The molecule has 216 valence electrons. The van der Waals surface area contributed by atoms with Crippen molar-refractivity contribution in [2.75, 3.05) is 6.26 Å². The number of alkyl halides is 1. The minimum atomic E-state index is -3.35. The van der Waals surface area contributed by atoms with Crippen LogP contribution in [0, 0.1) is 11.6 Å². The maximum Gasteiger partial charge on any atom is 0.208 e. The van der Waals surface area contributed by atoms with E-state index in [9.17, 15) is 12.8 Å². The highest BCUT2D eigenvalue weighted by Gasteiger charge is 2.41. The Morgan fingerprint density at radius 3 is 2.44 bits per heavy atom. The zero-order valence-corrected chi connectivity index (χ0v) is 24.2. The van der Waals surface area contributed by atoms with Crippen LogP contribution in [-0.4, -0.2) is 25.7 Å². The Labute approximate surface area is 243 Å². The van der Waals surface area contributed by atoms with Crippen molar-refractivity contribution in [1.29, 1.82) is 0 Å². The van der Waals surface area contributed by atoms with Gasteiger partial charge in [0.15, 0.2) is 11.6 Å². The van der Waals surface area contributed by atoms with Crippen LogP contribution in [0.2, 0.25) is 0 Å². The van der Waals surface area contributed by atoms with Gasteiger partial charge in [-0.3, -0.25) is 0 Å². The first-order valence-corrected chi connectivity index (χ1v) is 15.8. The van der Waals surface area contributed by atoms with Crippen molar-refractivity contribution in [3.8, 4) is 16.9 Å². The van der Waals surface area contributed by atoms with E-state index in [0.717, 1.165) is 17.4 Å². The number of rotatable bonds is 10. The van der Waals surface area contributed by atoms with Gasteiger partial charge in [-0.1, -0.05) is 48.5 Å². The molecule has 41 heavy (non-hydrogen) atoms. The van der Waals surface area contributed by atoms with Gasteiger partial charge in [-0.25, -0.2) is 26.9 Å². The van der Waals surface area contributed by atoms with E-state index in [1.807, 2.05) is 30.3 Å². The fraction of sp³-hybridized carbons (Fsp3) is 0.323. The predicted molar refractivity (Wildman–Crippen MR) is 154 cm³/mol. The number of benzene rings is 3. The third kappa shape index (κ3) is 6.97. The minimum absolute atomic E-state index is 0.0195. The molecular weight excluding hydrogens is 570 g/mol. The Morgan fingerprint density at radius 1 is 1.00 bits per heavy atom. The summed E-state index contributed by atoms with van der Waals surface area (Å²) in [6.45, 7) is 0.134. The summed E-state index contributed by atoms with van der Waals surface area (Å²) in [5, 5.41) is 0. The molecule has 4 aromatic rings. The number of sulfonamides is 1. The summed E-state index contributed by atoms with van der Waals surface area (Å²) in [6, 6.07) is 18.4. The maximum absolute atomic E-state index is 15.3. The predicted octanol–water partition coefficient (Wildman–Crippen LogP) is 6.91. The minimum Gasteiger partial charge on any atom is -0.485 e. The van der Waals surface area contributed by atoms with E-state index >= 15 is 4.39 Å². The van der Waals surface area contributed by atoms with Crippen LogP contribution in [0.25, 0.3) is 11.1 Å². The summed E-state index contributed by atoms with van der Waals surface area (Å²) in [6.07, 6.45) is 5.51. The number of para-hydroxylation sites is 1. The van der Waals surface area contributed by atoms with Gasteiger partial charge in [0.2, 0.25) is 15.9 Å². The zero-order chi connectivity index (χ0) is 29.0. The molecule has 1 aromatic heterocycles. The number of nitrogens with one attached hydrogen (secondary N) is 1. The van der Waals surface area contributed by atoms with Gasteiger partial charge in [-0.2, -0.15) is 0 Å². The lowest BCUT2D eigenvalue weighted by Gasteiger charge is -2.38. The highest BCUT2D eigenvalue weighted by Crippen LogP contribution is 2.43. The zero-order valence-electron chi connectivity index (χ0n) is 22.6. The van der Waals surface area contributed by atoms with E-state index in [-0.39, 0.29) is 29.8 Å². The van der Waals surface area contributed by atoms with Crippen molar-refractivity contribution in [2.24, 2.45) is 0 Å². The summed E-state index contributed by atoms with van der Waals surface area (Å²) < 4.78 is 68.4. The van der Waals surface area contributed by atoms with Crippen LogP contribution in [-0.2, 0) is 34.3 Å². The van der Waals surface area contributed by atoms with Gasteiger partial charge in [0.25, 0.3) is 0 Å². The SMILES string of the molecule is CS(=O)(=O)NC1CCC(Cc2ccc(F)c(-c3cccc(F)c3OCc3ccccc3)c2)(c2nc(CCl)co2)CC1. The number of nitrogens with zero attached hydrogens (tertiary/aromatic N) is 1. The van der Waals surface area contributed by atoms with Crippen molar-refractivity contribution in [3.05, 3.63) is 107 Å². The van der Waals surface area contributed by atoms with Gasteiger partial charge < -0.3 is 9.15 Å². The molecule has 0 spiro atoms. The Morgan fingerprint density at radius 2 is 1.76 bits per heavy atom. The molecule has 0 atom stereocenters. The molecule has 0 amide bonds. The summed E-state index contributed by atoms with van der Waals surface area (Å²) in [4.78, 5) is 4.62.